The van der Waals surface area contributed by atoms with E-state index in [2.05, 4.69) is 74.1 Å². The van der Waals surface area contributed by atoms with Gasteiger partial charge in [-0.1, -0.05) is 37.3 Å². The van der Waals surface area contributed by atoms with Gasteiger partial charge in [-0.3, -0.25) is 0 Å². The number of nitrogens with one attached hydrogen (secondary N) is 2. The molecule has 2 aromatic carbocycles. The summed E-state index contributed by atoms with van der Waals surface area (Å²) in [6, 6.07) is 16.7. The van der Waals surface area contributed by atoms with Crippen LogP contribution in [-0.4, -0.2) is 42.9 Å². The highest BCUT2D eigenvalue weighted by Crippen LogP contribution is 2.31. The maximum Gasteiger partial charge on any atom is 0.173 e. The number of tetrazole rings is 1. The number of aromatic nitrogens is 6. The first-order chi connectivity index (χ1) is 15.3. The molecule has 1 saturated heterocycles. The first-order valence-electron chi connectivity index (χ1n) is 10.9. The number of ether oxygens (including phenoxy) is 1. The SMILES string of the molecule is CC(CC(Nc1ccc2[nH]cnc2c1)c1nnnn1CC1CCCO1)c1ccccc1. The third kappa shape index (κ3) is 4.44. The van der Waals surface area contributed by atoms with Gasteiger partial charge < -0.3 is 15.0 Å². The second-order valence-electron chi connectivity index (χ2n) is 8.23. The summed E-state index contributed by atoms with van der Waals surface area (Å²) in [5.41, 5.74) is 4.24. The smallest absolute Gasteiger partial charge is 0.173 e. The first kappa shape index (κ1) is 19.7. The van der Waals surface area contributed by atoms with E-state index >= 15 is 0 Å². The van der Waals surface area contributed by atoms with Gasteiger partial charge in [0, 0.05) is 12.3 Å². The summed E-state index contributed by atoms with van der Waals surface area (Å²) in [6.07, 6.45) is 4.89. The fourth-order valence-corrected chi connectivity index (χ4v) is 4.30. The van der Waals surface area contributed by atoms with E-state index in [9.17, 15) is 0 Å². The Hall–Kier alpha value is -3.26. The predicted octanol–water partition coefficient (Wildman–Crippen LogP) is 4.08. The molecule has 0 amide bonds. The highest BCUT2D eigenvalue weighted by atomic mass is 16.5. The van der Waals surface area contributed by atoms with Crippen molar-refractivity contribution < 1.29 is 4.74 Å². The second-order valence-corrected chi connectivity index (χ2v) is 8.23. The van der Waals surface area contributed by atoms with Crippen molar-refractivity contribution in [1.82, 2.24) is 30.2 Å². The largest absolute Gasteiger partial charge is 0.376 e. The van der Waals surface area contributed by atoms with Crippen LogP contribution in [0.1, 0.15) is 49.5 Å². The molecule has 1 aliphatic rings. The third-order valence-corrected chi connectivity index (χ3v) is 5.99. The quantitative estimate of drug-likeness (QED) is 0.449. The fourth-order valence-electron chi connectivity index (χ4n) is 4.30. The van der Waals surface area contributed by atoms with E-state index in [0.29, 0.717) is 12.5 Å². The molecule has 0 radical (unpaired) electrons. The van der Waals surface area contributed by atoms with Gasteiger partial charge in [0.2, 0.25) is 0 Å². The molecular formula is C23H27N7O. The molecule has 4 aromatic rings. The Morgan fingerprint density at radius 2 is 2.13 bits per heavy atom. The molecule has 2 N–H and O–H groups in total. The van der Waals surface area contributed by atoms with Gasteiger partial charge in [0.25, 0.3) is 0 Å². The molecule has 31 heavy (non-hydrogen) atoms. The second kappa shape index (κ2) is 8.85. The Kier molecular flexibility index (Phi) is 5.62. The van der Waals surface area contributed by atoms with E-state index in [1.165, 1.54) is 5.56 Å². The lowest BCUT2D eigenvalue weighted by atomic mass is 9.93. The van der Waals surface area contributed by atoms with Crippen molar-refractivity contribution in [2.45, 2.75) is 50.8 Å². The van der Waals surface area contributed by atoms with Crippen molar-refractivity contribution in [3.05, 3.63) is 66.2 Å². The summed E-state index contributed by atoms with van der Waals surface area (Å²) in [4.78, 5) is 7.53. The summed E-state index contributed by atoms with van der Waals surface area (Å²) in [5.74, 6) is 1.17. The average molecular weight is 418 g/mol. The molecule has 1 fully saturated rings. The number of imidazole rings is 1. The highest BCUT2D eigenvalue weighted by Gasteiger charge is 2.25. The lowest BCUT2D eigenvalue weighted by molar-refractivity contribution is 0.0923. The molecule has 1 aliphatic heterocycles. The highest BCUT2D eigenvalue weighted by molar-refractivity contribution is 5.78. The van der Waals surface area contributed by atoms with Gasteiger partial charge in [0.05, 0.1) is 36.1 Å². The van der Waals surface area contributed by atoms with Crippen LogP contribution in [0.3, 0.4) is 0 Å². The minimum absolute atomic E-state index is 0.0528. The molecule has 0 saturated carbocycles. The van der Waals surface area contributed by atoms with Crippen molar-refractivity contribution in [1.29, 1.82) is 0 Å². The molecule has 0 bridgehead atoms. The number of nitrogens with zero attached hydrogens (tertiary/aromatic N) is 5. The van der Waals surface area contributed by atoms with Crippen LogP contribution in [0.4, 0.5) is 5.69 Å². The lowest BCUT2D eigenvalue weighted by Gasteiger charge is -2.23. The van der Waals surface area contributed by atoms with Crippen molar-refractivity contribution in [3.63, 3.8) is 0 Å². The minimum Gasteiger partial charge on any atom is -0.376 e. The Morgan fingerprint density at radius 1 is 1.23 bits per heavy atom. The molecule has 3 atom stereocenters. The maximum atomic E-state index is 5.82. The van der Waals surface area contributed by atoms with Gasteiger partial charge >= 0.3 is 0 Å². The Morgan fingerprint density at radius 3 is 2.97 bits per heavy atom. The molecule has 5 rings (SSSR count). The van der Waals surface area contributed by atoms with Crippen LogP contribution in [0.25, 0.3) is 11.0 Å². The van der Waals surface area contributed by atoms with Crippen LogP contribution in [0.2, 0.25) is 0 Å². The fraction of sp³-hybridized carbons (Fsp3) is 0.391. The van der Waals surface area contributed by atoms with Crippen molar-refractivity contribution in [2.24, 2.45) is 0 Å². The standard InChI is InChI=1S/C23H27N7O/c1-16(17-6-3-2-4-7-17)12-22(26-18-9-10-20-21(13-18)25-15-24-20)23-27-28-29-30(23)14-19-8-5-11-31-19/h2-4,6-7,9-10,13,15-16,19,22,26H,5,8,11-12,14H2,1H3,(H,24,25). The number of hydrogen-bond donors (Lipinski definition) is 2. The van der Waals surface area contributed by atoms with Crippen LogP contribution in [0, 0.1) is 0 Å². The molecular weight excluding hydrogens is 390 g/mol. The van der Waals surface area contributed by atoms with E-state index in [0.717, 1.165) is 48.4 Å². The van der Waals surface area contributed by atoms with E-state index in [-0.39, 0.29) is 12.1 Å². The van der Waals surface area contributed by atoms with Crippen LogP contribution in [0.15, 0.2) is 54.9 Å². The lowest BCUT2D eigenvalue weighted by Crippen LogP contribution is -2.23. The Labute approximate surface area is 181 Å². The Bertz CT molecular complexity index is 1120. The monoisotopic (exact) mass is 417 g/mol. The molecule has 160 valence electrons. The van der Waals surface area contributed by atoms with Crippen LogP contribution >= 0.6 is 0 Å². The van der Waals surface area contributed by atoms with Crippen molar-refractivity contribution >= 4 is 16.7 Å². The summed E-state index contributed by atoms with van der Waals surface area (Å²) in [7, 11) is 0. The minimum atomic E-state index is -0.0528. The van der Waals surface area contributed by atoms with Gasteiger partial charge in [-0.15, -0.1) is 5.10 Å². The molecule has 2 aromatic heterocycles. The average Bonchev–Trinajstić information content (AvgIpc) is 3.56. The summed E-state index contributed by atoms with van der Waals surface area (Å²) < 4.78 is 7.72. The zero-order chi connectivity index (χ0) is 21.0. The van der Waals surface area contributed by atoms with E-state index in [4.69, 9.17) is 4.74 Å². The summed E-state index contributed by atoms with van der Waals surface area (Å²) in [5, 5.41) is 16.4. The number of H-pyrrole nitrogens is 1. The number of rotatable bonds is 8. The zero-order valence-corrected chi connectivity index (χ0v) is 17.6. The van der Waals surface area contributed by atoms with E-state index < -0.39 is 0 Å². The van der Waals surface area contributed by atoms with Gasteiger partial charge in [-0.25, -0.2) is 9.67 Å². The molecule has 3 unspecified atom stereocenters. The maximum absolute atomic E-state index is 5.82. The van der Waals surface area contributed by atoms with Crippen LogP contribution < -0.4 is 5.32 Å². The molecule has 8 heteroatoms. The van der Waals surface area contributed by atoms with Crippen molar-refractivity contribution in [3.8, 4) is 0 Å². The van der Waals surface area contributed by atoms with Gasteiger partial charge in [0.15, 0.2) is 5.82 Å². The topological polar surface area (TPSA) is 93.5 Å². The number of aromatic amines is 1. The van der Waals surface area contributed by atoms with Crippen molar-refractivity contribution in [2.75, 3.05) is 11.9 Å². The molecule has 8 nitrogen and oxygen atoms in total. The number of benzene rings is 2. The number of fused-ring (bicyclic) bond motifs is 1. The van der Waals surface area contributed by atoms with Gasteiger partial charge in [-0.2, -0.15) is 0 Å². The van der Waals surface area contributed by atoms with Gasteiger partial charge in [-0.05, 0) is 59.4 Å². The summed E-state index contributed by atoms with van der Waals surface area (Å²) in [6.45, 7) is 3.74. The van der Waals surface area contributed by atoms with Crippen LogP contribution in [0.5, 0.6) is 0 Å². The third-order valence-electron chi connectivity index (χ3n) is 5.99. The molecule has 0 aliphatic carbocycles. The number of anilines is 1. The molecule has 3 heterocycles. The predicted molar refractivity (Wildman–Crippen MR) is 119 cm³/mol. The van der Waals surface area contributed by atoms with Gasteiger partial charge in [0.1, 0.15) is 0 Å². The van der Waals surface area contributed by atoms with E-state index in [1.807, 2.05) is 16.8 Å². The summed E-state index contributed by atoms with van der Waals surface area (Å²) >= 11 is 0. The zero-order valence-electron chi connectivity index (χ0n) is 17.6. The molecule has 0 spiro atoms. The number of hydrogen-bond acceptors (Lipinski definition) is 6. The van der Waals surface area contributed by atoms with E-state index in [1.54, 1.807) is 6.33 Å². The van der Waals surface area contributed by atoms with Crippen LogP contribution in [-0.2, 0) is 11.3 Å². The first-order valence-corrected chi connectivity index (χ1v) is 10.9. The Balaban J connectivity index is 1.43. The normalized spacial score (nSPS) is 18.3.